The summed E-state index contributed by atoms with van der Waals surface area (Å²) in [5.74, 6) is -0.640. The van der Waals surface area contributed by atoms with Crippen LogP contribution >= 0.6 is 11.6 Å². The van der Waals surface area contributed by atoms with E-state index in [-0.39, 0.29) is 5.78 Å². The van der Waals surface area contributed by atoms with Gasteiger partial charge in [0.1, 0.15) is 5.41 Å². The van der Waals surface area contributed by atoms with Crippen LogP contribution in [0.3, 0.4) is 0 Å². The Morgan fingerprint density at radius 2 is 2.06 bits per heavy atom. The second-order valence-electron chi connectivity index (χ2n) is 3.91. The fourth-order valence-electron chi connectivity index (χ4n) is 1.75. The normalized spacial score (nSPS) is 16.6. The van der Waals surface area contributed by atoms with E-state index in [4.69, 9.17) is 11.6 Å². The Morgan fingerprint density at radius 1 is 1.38 bits per heavy atom. The second kappa shape index (κ2) is 3.91. The lowest BCUT2D eigenvalue weighted by molar-refractivity contribution is -0.145. The molecule has 1 saturated carbocycles. The number of carbonyl (C=O) groups excluding carboxylic acids is 2. The Hall–Kier alpha value is -1.35. The Bertz CT molecular complexity index is 449. The minimum Gasteiger partial charge on any atom is -0.468 e. The minimum atomic E-state index is -0.945. The van der Waals surface area contributed by atoms with Crippen LogP contribution in [0.2, 0.25) is 5.02 Å². The highest BCUT2D eigenvalue weighted by molar-refractivity contribution is 6.31. The first-order valence-corrected chi connectivity index (χ1v) is 5.37. The van der Waals surface area contributed by atoms with Gasteiger partial charge in [-0.25, -0.2) is 0 Å². The van der Waals surface area contributed by atoms with E-state index in [1.807, 2.05) is 0 Å². The molecule has 1 aromatic rings. The van der Waals surface area contributed by atoms with Crippen LogP contribution in [0.1, 0.15) is 23.2 Å². The number of halogens is 1. The molecule has 0 atom stereocenters. The zero-order chi connectivity index (χ0) is 11.8. The maximum Gasteiger partial charge on any atom is 0.319 e. The Morgan fingerprint density at radius 3 is 2.56 bits per heavy atom. The topological polar surface area (TPSA) is 43.4 Å². The van der Waals surface area contributed by atoms with Crippen molar-refractivity contribution in [1.82, 2.24) is 0 Å². The summed E-state index contributed by atoms with van der Waals surface area (Å²) in [5, 5.41) is 0.492. The summed E-state index contributed by atoms with van der Waals surface area (Å²) in [5.41, 5.74) is -0.477. The van der Waals surface area contributed by atoms with Gasteiger partial charge in [0, 0.05) is 10.6 Å². The molecule has 4 heteroatoms. The van der Waals surface area contributed by atoms with Gasteiger partial charge in [-0.3, -0.25) is 9.59 Å². The zero-order valence-corrected chi connectivity index (χ0v) is 9.58. The molecule has 0 saturated heterocycles. The fourth-order valence-corrected chi connectivity index (χ4v) is 1.94. The summed E-state index contributed by atoms with van der Waals surface area (Å²) in [7, 11) is 1.30. The van der Waals surface area contributed by atoms with E-state index in [9.17, 15) is 9.59 Å². The minimum absolute atomic E-state index is 0.193. The van der Waals surface area contributed by atoms with Crippen LogP contribution in [0.4, 0.5) is 0 Å². The maximum absolute atomic E-state index is 12.1. The number of hydrogen-bond donors (Lipinski definition) is 0. The van der Waals surface area contributed by atoms with Crippen LogP contribution in [-0.2, 0) is 9.53 Å². The van der Waals surface area contributed by atoms with Crippen molar-refractivity contribution in [1.29, 1.82) is 0 Å². The molecule has 1 aliphatic rings. The molecule has 0 bridgehead atoms. The zero-order valence-electron chi connectivity index (χ0n) is 8.83. The summed E-state index contributed by atoms with van der Waals surface area (Å²) in [6, 6.07) is 6.63. The summed E-state index contributed by atoms with van der Waals surface area (Å²) in [6.45, 7) is 0. The molecule has 2 rings (SSSR count). The lowest BCUT2D eigenvalue weighted by atomic mass is 9.95. The standard InChI is InChI=1S/C12H11ClO3/c1-16-11(15)12(5-6-12)10(14)8-3-2-4-9(13)7-8/h2-4,7H,5-6H2,1H3. The molecule has 0 aromatic heterocycles. The Balaban J connectivity index is 2.30. The predicted octanol–water partition coefficient (Wildman–Crippen LogP) is 2.48. The van der Waals surface area contributed by atoms with E-state index in [1.165, 1.54) is 7.11 Å². The third-order valence-electron chi connectivity index (χ3n) is 2.85. The van der Waals surface area contributed by atoms with Crippen molar-refractivity contribution >= 4 is 23.4 Å². The van der Waals surface area contributed by atoms with E-state index in [1.54, 1.807) is 24.3 Å². The molecule has 1 aromatic carbocycles. The van der Waals surface area contributed by atoms with Gasteiger partial charge in [-0.15, -0.1) is 0 Å². The highest BCUT2D eigenvalue weighted by atomic mass is 35.5. The summed E-state index contributed by atoms with van der Waals surface area (Å²) >= 11 is 5.80. The lowest BCUT2D eigenvalue weighted by Gasteiger charge is -2.11. The lowest BCUT2D eigenvalue weighted by Crippen LogP contribution is -2.27. The van der Waals surface area contributed by atoms with Crippen LogP contribution in [0, 0.1) is 5.41 Å². The molecular formula is C12H11ClO3. The van der Waals surface area contributed by atoms with Gasteiger partial charge in [-0.05, 0) is 25.0 Å². The van der Waals surface area contributed by atoms with Crippen LogP contribution in [0.25, 0.3) is 0 Å². The number of rotatable bonds is 3. The molecule has 0 N–H and O–H groups in total. The van der Waals surface area contributed by atoms with Gasteiger partial charge in [0.2, 0.25) is 0 Å². The number of ketones is 1. The van der Waals surface area contributed by atoms with Gasteiger partial charge in [-0.2, -0.15) is 0 Å². The van der Waals surface area contributed by atoms with Crippen molar-refractivity contribution < 1.29 is 14.3 Å². The first kappa shape index (κ1) is 11.1. The Kier molecular flexibility index (Phi) is 2.72. The van der Waals surface area contributed by atoms with Crippen molar-refractivity contribution in [2.45, 2.75) is 12.8 Å². The van der Waals surface area contributed by atoms with E-state index in [0.29, 0.717) is 23.4 Å². The van der Waals surface area contributed by atoms with E-state index in [2.05, 4.69) is 4.74 Å². The maximum atomic E-state index is 12.1. The smallest absolute Gasteiger partial charge is 0.319 e. The predicted molar refractivity (Wildman–Crippen MR) is 59.5 cm³/mol. The molecule has 84 valence electrons. The monoisotopic (exact) mass is 238 g/mol. The number of Topliss-reactive ketones (excluding diaryl/α,β-unsaturated/α-hetero) is 1. The Labute approximate surface area is 98.4 Å². The first-order chi connectivity index (χ1) is 7.60. The molecule has 1 aliphatic carbocycles. The van der Waals surface area contributed by atoms with E-state index < -0.39 is 11.4 Å². The quantitative estimate of drug-likeness (QED) is 0.462. The van der Waals surface area contributed by atoms with Gasteiger partial charge in [-0.1, -0.05) is 23.7 Å². The average molecular weight is 239 g/mol. The molecule has 16 heavy (non-hydrogen) atoms. The highest BCUT2D eigenvalue weighted by Gasteiger charge is 2.57. The van der Waals surface area contributed by atoms with Crippen LogP contribution in [0.15, 0.2) is 24.3 Å². The second-order valence-corrected chi connectivity index (χ2v) is 4.35. The van der Waals surface area contributed by atoms with Crippen molar-refractivity contribution in [3.8, 4) is 0 Å². The molecule has 0 unspecified atom stereocenters. The molecule has 1 fully saturated rings. The summed E-state index contributed by atoms with van der Waals surface area (Å²) in [4.78, 5) is 23.6. The van der Waals surface area contributed by atoms with Gasteiger partial charge < -0.3 is 4.74 Å². The van der Waals surface area contributed by atoms with Crippen LogP contribution in [0.5, 0.6) is 0 Å². The van der Waals surface area contributed by atoms with Crippen LogP contribution < -0.4 is 0 Å². The molecule has 3 nitrogen and oxygen atoms in total. The molecule has 0 heterocycles. The number of methoxy groups -OCH3 is 1. The molecule has 0 aliphatic heterocycles. The van der Waals surface area contributed by atoms with Gasteiger partial charge in [0.25, 0.3) is 0 Å². The first-order valence-electron chi connectivity index (χ1n) is 4.99. The van der Waals surface area contributed by atoms with Crippen molar-refractivity contribution in [2.75, 3.05) is 7.11 Å². The number of ether oxygens (including phenoxy) is 1. The third kappa shape index (κ3) is 1.71. The fraction of sp³-hybridized carbons (Fsp3) is 0.333. The van der Waals surface area contributed by atoms with Gasteiger partial charge in [0.05, 0.1) is 7.11 Å². The molecular weight excluding hydrogens is 228 g/mol. The van der Waals surface area contributed by atoms with Crippen LogP contribution in [-0.4, -0.2) is 18.9 Å². The number of carbonyl (C=O) groups is 2. The van der Waals surface area contributed by atoms with Crippen molar-refractivity contribution in [2.24, 2.45) is 5.41 Å². The highest BCUT2D eigenvalue weighted by Crippen LogP contribution is 2.49. The summed E-state index contributed by atoms with van der Waals surface area (Å²) in [6.07, 6.45) is 1.12. The number of benzene rings is 1. The number of esters is 1. The largest absolute Gasteiger partial charge is 0.468 e. The molecule has 0 spiro atoms. The van der Waals surface area contributed by atoms with Gasteiger partial charge in [0.15, 0.2) is 5.78 Å². The van der Waals surface area contributed by atoms with Crippen molar-refractivity contribution in [3.05, 3.63) is 34.9 Å². The average Bonchev–Trinajstić information content (AvgIpc) is 3.08. The molecule has 0 amide bonds. The summed E-state index contributed by atoms with van der Waals surface area (Å²) < 4.78 is 4.66. The number of hydrogen-bond acceptors (Lipinski definition) is 3. The van der Waals surface area contributed by atoms with E-state index >= 15 is 0 Å². The van der Waals surface area contributed by atoms with Gasteiger partial charge >= 0.3 is 5.97 Å². The third-order valence-corrected chi connectivity index (χ3v) is 3.08. The van der Waals surface area contributed by atoms with E-state index in [0.717, 1.165) is 0 Å². The van der Waals surface area contributed by atoms with Crippen molar-refractivity contribution in [3.63, 3.8) is 0 Å². The SMILES string of the molecule is COC(=O)C1(C(=O)c2cccc(Cl)c2)CC1. The molecule has 0 radical (unpaired) electrons.